The van der Waals surface area contributed by atoms with Gasteiger partial charge in [-0.1, -0.05) is 0 Å². The van der Waals surface area contributed by atoms with Crippen LogP contribution >= 0.6 is 0 Å². The van der Waals surface area contributed by atoms with Gasteiger partial charge in [-0.3, -0.25) is 0 Å². The molecule has 4 nitrogen and oxygen atoms in total. The molecule has 0 heterocycles. The van der Waals surface area contributed by atoms with Crippen LogP contribution in [-0.4, -0.2) is 31.0 Å². The first-order valence-corrected chi connectivity index (χ1v) is 4.65. The fraction of sp³-hybridized carbons (Fsp3) is 0.455. The van der Waals surface area contributed by atoms with E-state index in [0.717, 1.165) is 5.56 Å². The van der Waals surface area contributed by atoms with Crippen molar-refractivity contribution in [3.63, 3.8) is 0 Å². The molecule has 0 bridgehead atoms. The lowest BCUT2D eigenvalue weighted by molar-refractivity contribution is 0.0931. The van der Waals surface area contributed by atoms with E-state index in [1.54, 1.807) is 19.2 Å². The average molecular weight is 212 g/mol. The number of ether oxygens (including phenoxy) is 2. The first-order valence-electron chi connectivity index (χ1n) is 4.65. The highest BCUT2D eigenvalue weighted by atomic mass is 16.5. The molecule has 2 N–H and O–H groups in total. The van der Waals surface area contributed by atoms with Crippen molar-refractivity contribution in [3.8, 4) is 11.5 Å². The maximum absolute atomic E-state index is 9.57. The Hall–Kier alpha value is -1.26. The van der Waals surface area contributed by atoms with Crippen LogP contribution in [0.25, 0.3) is 0 Å². The van der Waals surface area contributed by atoms with E-state index in [0.29, 0.717) is 17.1 Å². The fourth-order valence-corrected chi connectivity index (χ4v) is 1.43. The van der Waals surface area contributed by atoms with Gasteiger partial charge in [0.05, 0.1) is 20.8 Å². The molecule has 0 fully saturated rings. The molecule has 84 valence electrons. The Morgan fingerprint density at radius 2 is 1.80 bits per heavy atom. The second-order valence-electron chi connectivity index (χ2n) is 3.26. The van der Waals surface area contributed by atoms with Gasteiger partial charge in [0.15, 0.2) is 0 Å². The topological polar surface area (TPSA) is 58.9 Å². The number of benzene rings is 1. The van der Waals surface area contributed by atoms with Gasteiger partial charge < -0.3 is 19.7 Å². The van der Waals surface area contributed by atoms with Gasteiger partial charge in [-0.15, -0.1) is 0 Å². The van der Waals surface area contributed by atoms with Crippen molar-refractivity contribution < 1.29 is 19.7 Å². The Morgan fingerprint density at radius 1 is 1.20 bits per heavy atom. The summed E-state index contributed by atoms with van der Waals surface area (Å²) in [6, 6.07) is 3.45. The van der Waals surface area contributed by atoms with Crippen LogP contribution < -0.4 is 9.47 Å². The summed E-state index contributed by atoms with van der Waals surface area (Å²) < 4.78 is 10.3. The Bertz CT molecular complexity index is 336. The molecule has 0 aliphatic carbocycles. The van der Waals surface area contributed by atoms with Crippen LogP contribution in [0.1, 0.15) is 17.2 Å². The summed E-state index contributed by atoms with van der Waals surface area (Å²) in [6.07, 6.45) is -0.950. The fourth-order valence-electron chi connectivity index (χ4n) is 1.43. The molecule has 0 aromatic heterocycles. The highest BCUT2D eigenvalue weighted by molar-refractivity contribution is 5.46. The summed E-state index contributed by atoms with van der Waals surface area (Å²) in [5.41, 5.74) is 1.45. The van der Waals surface area contributed by atoms with Crippen molar-refractivity contribution in [2.75, 3.05) is 20.8 Å². The molecule has 0 radical (unpaired) electrons. The summed E-state index contributed by atoms with van der Waals surface area (Å²) in [5, 5.41) is 18.5. The van der Waals surface area contributed by atoms with Crippen molar-refractivity contribution in [3.05, 3.63) is 23.3 Å². The van der Waals surface area contributed by atoms with E-state index in [1.807, 2.05) is 6.92 Å². The van der Waals surface area contributed by atoms with Gasteiger partial charge in [-0.2, -0.15) is 0 Å². The van der Waals surface area contributed by atoms with E-state index in [1.165, 1.54) is 7.11 Å². The zero-order chi connectivity index (χ0) is 11.4. The lowest BCUT2D eigenvalue weighted by Crippen LogP contribution is -2.05. The van der Waals surface area contributed by atoms with E-state index < -0.39 is 6.10 Å². The smallest absolute Gasteiger partial charge is 0.125 e. The molecule has 4 heteroatoms. The Labute approximate surface area is 89.1 Å². The van der Waals surface area contributed by atoms with Crippen molar-refractivity contribution >= 4 is 0 Å². The highest BCUT2D eigenvalue weighted by Gasteiger charge is 2.15. The van der Waals surface area contributed by atoms with Gasteiger partial charge >= 0.3 is 0 Å². The summed E-state index contributed by atoms with van der Waals surface area (Å²) in [4.78, 5) is 0. The third kappa shape index (κ3) is 2.40. The van der Waals surface area contributed by atoms with E-state index >= 15 is 0 Å². The van der Waals surface area contributed by atoms with Crippen LogP contribution in [0, 0.1) is 6.92 Å². The maximum Gasteiger partial charge on any atom is 0.125 e. The number of aliphatic hydroxyl groups is 2. The van der Waals surface area contributed by atoms with E-state index in [-0.39, 0.29) is 6.61 Å². The van der Waals surface area contributed by atoms with Crippen molar-refractivity contribution in [2.45, 2.75) is 13.0 Å². The van der Waals surface area contributed by atoms with Gasteiger partial charge in [0.25, 0.3) is 0 Å². The van der Waals surface area contributed by atoms with Crippen LogP contribution in [0.4, 0.5) is 0 Å². The third-order valence-electron chi connectivity index (χ3n) is 2.28. The third-order valence-corrected chi connectivity index (χ3v) is 2.28. The molecule has 1 aromatic carbocycles. The molecule has 1 rings (SSSR count). The van der Waals surface area contributed by atoms with Gasteiger partial charge in [-0.05, 0) is 24.6 Å². The minimum absolute atomic E-state index is 0.345. The number of rotatable bonds is 4. The van der Waals surface area contributed by atoms with Gasteiger partial charge in [0.2, 0.25) is 0 Å². The quantitative estimate of drug-likeness (QED) is 0.782. The van der Waals surface area contributed by atoms with Crippen molar-refractivity contribution in [1.82, 2.24) is 0 Å². The van der Waals surface area contributed by atoms with E-state index in [2.05, 4.69) is 0 Å². The van der Waals surface area contributed by atoms with Crippen molar-refractivity contribution in [1.29, 1.82) is 0 Å². The molecule has 0 amide bonds. The normalized spacial score (nSPS) is 12.3. The lowest BCUT2D eigenvalue weighted by atomic mass is 10.1. The predicted octanol–water partition coefficient (Wildman–Crippen LogP) is 1.04. The van der Waals surface area contributed by atoms with Crippen molar-refractivity contribution in [2.24, 2.45) is 0 Å². The average Bonchev–Trinajstić information content (AvgIpc) is 2.27. The van der Waals surface area contributed by atoms with E-state index in [9.17, 15) is 5.11 Å². The first kappa shape index (κ1) is 11.8. The van der Waals surface area contributed by atoms with Gasteiger partial charge in [-0.25, -0.2) is 0 Å². The number of methoxy groups -OCH3 is 2. The summed E-state index contributed by atoms with van der Waals surface area (Å²) >= 11 is 0. The minimum atomic E-state index is -0.950. The largest absolute Gasteiger partial charge is 0.496 e. The molecule has 0 aliphatic heterocycles. The Balaban J connectivity index is 3.22. The molecule has 0 saturated carbocycles. The van der Waals surface area contributed by atoms with Crippen LogP contribution in [0.5, 0.6) is 11.5 Å². The molecule has 1 aromatic rings. The Morgan fingerprint density at radius 3 is 2.27 bits per heavy atom. The molecule has 1 atom stereocenters. The zero-order valence-electron chi connectivity index (χ0n) is 9.15. The second-order valence-corrected chi connectivity index (χ2v) is 3.26. The summed E-state index contributed by atoms with van der Waals surface area (Å²) in [6.45, 7) is 1.54. The molecular formula is C11H16O4. The number of hydrogen-bond donors (Lipinski definition) is 2. The minimum Gasteiger partial charge on any atom is -0.496 e. The van der Waals surface area contributed by atoms with Crippen LogP contribution in [0.3, 0.4) is 0 Å². The second kappa shape index (κ2) is 5.00. The zero-order valence-corrected chi connectivity index (χ0v) is 9.15. The summed E-state index contributed by atoms with van der Waals surface area (Å²) in [5.74, 6) is 1.22. The van der Waals surface area contributed by atoms with Gasteiger partial charge in [0, 0.05) is 5.56 Å². The van der Waals surface area contributed by atoms with E-state index in [4.69, 9.17) is 14.6 Å². The number of aliphatic hydroxyl groups excluding tert-OH is 2. The van der Waals surface area contributed by atoms with Gasteiger partial charge in [0.1, 0.15) is 17.6 Å². The van der Waals surface area contributed by atoms with Crippen LogP contribution in [0.15, 0.2) is 12.1 Å². The Kier molecular flexibility index (Phi) is 3.94. The highest BCUT2D eigenvalue weighted by Crippen LogP contribution is 2.32. The molecule has 15 heavy (non-hydrogen) atoms. The summed E-state index contributed by atoms with van der Waals surface area (Å²) in [7, 11) is 3.08. The molecule has 0 spiro atoms. The number of aryl methyl sites for hydroxylation is 1. The molecule has 1 unspecified atom stereocenters. The SMILES string of the molecule is COc1cc(C(O)CO)c(OC)cc1C. The molecular weight excluding hydrogens is 196 g/mol. The molecule has 0 saturated heterocycles. The first-order chi connectivity index (χ1) is 7.13. The standard InChI is InChI=1S/C11H16O4/c1-7-4-11(15-3)8(9(13)6-12)5-10(7)14-2/h4-5,9,12-13H,6H2,1-3H3. The monoisotopic (exact) mass is 212 g/mol. The predicted molar refractivity (Wildman–Crippen MR) is 56.3 cm³/mol. The maximum atomic E-state index is 9.57. The lowest BCUT2D eigenvalue weighted by Gasteiger charge is -2.15. The molecule has 0 aliphatic rings. The number of hydrogen-bond acceptors (Lipinski definition) is 4. The van der Waals surface area contributed by atoms with Crippen LogP contribution in [-0.2, 0) is 0 Å². The van der Waals surface area contributed by atoms with Crippen LogP contribution in [0.2, 0.25) is 0 Å².